The highest BCUT2D eigenvalue weighted by Crippen LogP contribution is 2.17. The molecule has 2 aromatic carbocycles. The number of benzene rings is 2. The summed E-state index contributed by atoms with van der Waals surface area (Å²) in [6, 6.07) is 12.2. The highest BCUT2D eigenvalue weighted by molar-refractivity contribution is 5.89. The summed E-state index contributed by atoms with van der Waals surface area (Å²) in [7, 11) is 1.58. The van der Waals surface area contributed by atoms with E-state index in [9.17, 15) is 14.9 Å². The maximum Gasteiger partial charge on any atom is 0.338 e. The van der Waals surface area contributed by atoms with Gasteiger partial charge in [-0.3, -0.25) is 10.1 Å². The Balaban J connectivity index is 1.76. The van der Waals surface area contributed by atoms with Gasteiger partial charge in [0, 0.05) is 12.1 Å². The minimum absolute atomic E-state index is 0.0713. The maximum atomic E-state index is 11.8. The molecular weight excluding hydrogens is 302 g/mol. The molecule has 2 rings (SSSR count). The Labute approximate surface area is 132 Å². The Kier molecular flexibility index (Phi) is 5.51. The van der Waals surface area contributed by atoms with Gasteiger partial charge < -0.3 is 14.2 Å². The number of nitro benzene ring substituents is 1. The Morgan fingerprint density at radius 2 is 1.61 bits per heavy atom. The lowest BCUT2D eigenvalue weighted by atomic mass is 10.2. The number of ether oxygens (including phenoxy) is 3. The topological polar surface area (TPSA) is 87.9 Å². The summed E-state index contributed by atoms with van der Waals surface area (Å²) in [6.07, 6.45) is 0. The molecule has 0 saturated heterocycles. The second kappa shape index (κ2) is 7.79. The van der Waals surface area contributed by atoms with Gasteiger partial charge >= 0.3 is 5.97 Å². The number of non-ortho nitro benzene ring substituents is 1. The van der Waals surface area contributed by atoms with Crippen LogP contribution in [0.5, 0.6) is 11.5 Å². The van der Waals surface area contributed by atoms with Crippen molar-refractivity contribution < 1.29 is 23.9 Å². The second-order valence-electron chi connectivity index (χ2n) is 4.46. The summed E-state index contributed by atoms with van der Waals surface area (Å²) < 4.78 is 15.5. The Hall–Kier alpha value is -3.09. The molecule has 0 amide bonds. The van der Waals surface area contributed by atoms with Crippen molar-refractivity contribution in [1.82, 2.24) is 0 Å². The van der Waals surface area contributed by atoms with E-state index >= 15 is 0 Å². The van der Waals surface area contributed by atoms with Crippen LogP contribution in [0.15, 0.2) is 48.5 Å². The van der Waals surface area contributed by atoms with Gasteiger partial charge in [0.05, 0.1) is 17.6 Å². The van der Waals surface area contributed by atoms with E-state index in [0.717, 1.165) is 5.75 Å². The fourth-order valence-corrected chi connectivity index (χ4v) is 1.77. The van der Waals surface area contributed by atoms with E-state index in [-0.39, 0.29) is 24.5 Å². The van der Waals surface area contributed by atoms with Gasteiger partial charge in [-0.1, -0.05) is 0 Å². The van der Waals surface area contributed by atoms with Gasteiger partial charge in [0.25, 0.3) is 5.69 Å². The van der Waals surface area contributed by atoms with Crippen molar-refractivity contribution in [3.8, 4) is 11.5 Å². The zero-order valence-electron chi connectivity index (χ0n) is 12.4. The number of nitrogens with zero attached hydrogens (tertiary/aromatic N) is 1. The van der Waals surface area contributed by atoms with E-state index in [1.54, 1.807) is 31.4 Å². The Bertz CT molecular complexity index is 666. The lowest BCUT2D eigenvalue weighted by Crippen LogP contribution is -2.12. The van der Waals surface area contributed by atoms with Crippen LogP contribution in [-0.4, -0.2) is 31.2 Å². The fraction of sp³-hybridized carbons (Fsp3) is 0.188. The molecule has 7 nitrogen and oxygen atoms in total. The molecule has 120 valence electrons. The van der Waals surface area contributed by atoms with Crippen LogP contribution in [0.2, 0.25) is 0 Å². The van der Waals surface area contributed by atoms with Crippen molar-refractivity contribution in [2.24, 2.45) is 0 Å². The molecule has 0 aliphatic carbocycles. The molecule has 0 spiro atoms. The number of nitro groups is 1. The van der Waals surface area contributed by atoms with Crippen molar-refractivity contribution in [3.63, 3.8) is 0 Å². The first-order valence-corrected chi connectivity index (χ1v) is 6.78. The molecular formula is C16H15NO6. The number of carbonyl (C=O) groups excluding carboxylic acids is 1. The van der Waals surface area contributed by atoms with Crippen LogP contribution < -0.4 is 9.47 Å². The van der Waals surface area contributed by atoms with Gasteiger partial charge in [0.2, 0.25) is 0 Å². The largest absolute Gasteiger partial charge is 0.497 e. The van der Waals surface area contributed by atoms with E-state index < -0.39 is 10.9 Å². The van der Waals surface area contributed by atoms with Gasteiger partial charge in [0.1, 0.15) is 24.7 Å². The van der Waals surface area contributed by atoms with Gasteiger partial charge in [-0.05, 0) is 36.4 Å². The van der Waals surface area contributed by atoms with E-state index in [1.165, 1.54) is 24.3 Å². The third kappa shape index (κ3) is 4.70. The van der Waals surface area contributed by atoms with Crippen LogP contribution in [-0.2, 0) is 4.74 Å². The zero-order valence-corrected chi connectivity index (χ0v) is 12.4. The second-order valence-corrected chi connectivity index (χ2v) is 4.46. The van der Waals surface area contributed by atoms with Crippen LogP contribution >= 0.6 is 0 Å². The molecule has 0 aromatic heterocycles. The average molecular weight is 317 g/mol. The summed E-state index contributed by atoms with van der Waals surface area (Å²) in [5.41, 5.74) is 0.171. The standard InChI is InChI=1S/C16H15NO6/c1-21-14-6-8-15(9-7-14)22-10-11-23-16(18)12-2-4-13(5-3-12)17(19)20/h2-9H,10-11H2,1H3. The summed E-state index contributed by atoms with van der Waals surface area (Å²) in [6.45, 7) is 0.271. The first-order valence-electron chi connectivity index (χ1n) is 6.78. The monoisotopic (exact) mass is 317 g/mol. The quantitative estimate of drug-likeness (QED) is 0.338. The lowest BCUT2D eigenvalue weighted by Gasteiger charge is -2.08. The molecule has 0 aliphatic rings. The minimum atomic E-state index is -0.557. The summed E-state index contributed by atoms with van der Waals surface area (Å²) >= 11 is 0. The van der Waals surface area contributed by atoms with Gasteiger partial charge in [-0.15, -0.1) is 0 Å². The van der Waals surface area contributed by atoms with Crippen molar-refractivity contribution in [2.75, 3.05) is 20.3 Å². The van der Waals surface area contributed by atoms with Crippen LogP contribution in [0.3, 0.4) is 0 Å². The number of hydrogen-bond donors (Lipinski definition) is 0. The van der Waals surface area contributed by atoms with Crippen LogP contribution in [0, 0.1) is 10.1 Å². The predicted octanol–water partition coefficient (Wildman–Crippen LogP) is 2.84. The summed E-state index contributed by atoms with van der Waals surface area (Å²) in [5.74, 6) is 0.803. The molecule has 0 unspecified atom stereocenters. The smallest absolute Gasteiger partial charge is 0.338 e. The van der Waals surface area contributed by atoms with Crippen molar-refractivity contribution in [3.05, 3.63) is 64.2 Å². The molecule has 0 radical (unpaired) electrons. The first-order chi connectivity index (χ1) is 11.1. The summed E-state index contributed by atoms with van der Waals surface area (Å²) in [4.78, 5) is 21.8. The molecule has 0 atom stereocenters. The highest BCUT2D eigenvalue weighted by atomic mass is 16.6. The van der Waals surface area contributed by atoms with Crippen molar-refractivity contribution in [1.29, 1.82) is 0 Å². The summed E-state index contributed by atoms with van der Waals surface area (Å²) in [5, 5.41) is 10.5. The average Bonchev–Trinajstić information content (AvgIpc) is 2.59. The molecule has 0 aliphatic heterocycles. The van der Waals surface area contributed by atoms with Crippen molar-refractivity contribution >= 4 is 11.7 Å². The molecule has 0 bridgehead atoms. The Morgan fingerprint density at radius 1 is 1.00 bits per heavy atom. The van der Waals surface area contributed by atoms with Crippen molar-refractivity contribution in [2.45, 2.75) is 0 Å². The molecule has 0 fully saturated rings. The van der Waals surface area contributed by atoms with E-state index in [1.807, 2.05) is 0 Å². The van der Waals surface area contributed by atoms with Crippen LogP contribution in [0.25, 0.3) is 0 Å². The Morgan fingerprint density at radius 3 is 2.17 bits per heavy atom. The minimum Gasteiger partial charge on any atom is -0.497 e. The van der Waals surface area contributed by atoms with Gasteiger partial charge in [0.15, 0.2) is 0 Å². The molecule has 0 saturated carbocycles. The normalized spacial score (nSPS) is 9.96. The molecule has 2 aromatic rings. The maximum absolute atomic E-state index is 11.8. The third-order valence-electron chi connectivity index (χ3n) is 2.96. The number of carbonyl (C=O) groups is 1. The SMILES string of the molecule is COc1ccc(OCCOC(=O)c2ccc([N+](=O)[O-])cc2)cc1. The zero-order chi connectivity index (χ0) is 16.7. The molecule has 7 heteroatoms. The predicted molar refractivity (Wildman–Crippen MR) is 81.9 cm³/mol. The van der Waals surface area contributed by atoms with Gasteiger partial charge in [-0.2, -0.15) is 0 Å². The highest BCUT2D eigenvalue weighted by Gasteiger charge is 2.10. The fourth-order valence-electron chi connectivity index (χ4n) is 1.77. The number of rotatable bonds is 7. The first kappa shape index (κ1) is 16.3. The molecule has 0 N–H and O–H groups in total. The number of methoxy groups -OCH3 is 1. The number of esters is 1. The van der Waals surface area contributed by atoms with E-state index in [0.29, 0.717) is 5.75 Å². The third-order valence-corrected chi connectivity index (χ3v) is 2.96. The molecule has 23 heavy (non-hydrogen) atoms. The van der Waals surface area contributed by atoms with Gasteiger partial charge in [-0.25, -0.2) is 4.79 Å². The van der Waals surface area contributed by atoms with E-state index in [4.69, 9.17) is 14.2 Å². The van der Waals surface area contributed by atoms with Crippen LogP contribution in [0.1, 0.15) is 10.4 Å². The van der Waals surface area contributed by atoms with Crippen LogP contribution in [0.4, 0.5) is 5.69 Å². The lowest BCUT2D eigenvalue weighted by molar-refractivity contribution is -0.384. The van der Waals surface area contributed by atoms with E-state index in [2.05, 4.69) is 0 Å². The molecule has 0 heterocycles. The number of hydrogen-bond acceptors (Lipinski definition) is 6.